The van der Waals surface area contributed by atoms with Gasteiger partial charge in [-0.05, 0) is 67.3 Å². The monoisotopic (exact) mass is 361 g/mol. The quantitative estimate of drug-likeness (QED) is 0.778. The van der Waals surface area contributed by atoms with E-state index in [-0.39, 0.29) is 11.7 Å². The van der Waals surface area contributed by atoms with E-state index >= 15 is 0 Å². The zero-order valence-corrected chi connectivity index (χ0v) is 15.4. The molecule has 0 aliphatic carbocycles. The number of likely N-dealkylation sites (tertiary alicyclic amines) is 1. The van der Waals surface area contributed by atoms with Crippen molar-refractivity contribution in [2.45, 2.75) is 45.4 Å². The molecule has 0 spiro atoms. The van der Waals surface area contributed by atoms with Crippen LogP contribution in [0.4, 0.5) is 4.39 Å². The fourth-order valence-corrected chi connectivity index (χ4v) is 4.10. The largest absolute Gasteiger partial charge is 0.338 e. The van der Waals surface area contributed by atoms with Gasteiger partial charge in [0.05, 0.1) is 5.69 Å². The molecule has 0 N–H and O–H groups in total. The van der Waals surface area contributed by atoms with E-state index in [1.54, 1.807) is 0 Å². The van der Waals surface area contributed by atoms with Crippen LogP contribution in [0.25, 0.3) is 0 Å². The molecule has 1 aliphatic rings. The molecule has 3 rings (SSSR count). The summed E-state index contributed by atoms with van der Waals surface area (Å²) in [7, 11) is 0. The molecule has 1 aliphatic heterocycles. The Balaban J connectivity index is 1.57. The summed E-state index contributed by atoms with van der Waals surface area (Å²) in [5.41, 5.74) is 1.99. The first-order valence-electron chi connectivity index (χ1n) is 9.02. The fourth-order valence-electron chi connectivity index (χ4n) is 3.42. The molecule has 0 saturated carbocycles. The molecule has 1 aromatic heterocycles. The van der Waals surface area contributed by atoms with E-state index in [0.717, 1.165) is 62.9 Å². The lowest BCUT2D eigenvalue weighted by molar-refractivity contribution is 0.0672. The molecule has 2 heterocycles. The Morgan fingerprint density at radius 2 is 2.12 bits per heavy atom. The molecule has 0 unspecified atom stereocenters. The molecule has 0 radical (unpaired) electrons. The van der Waals surface area contributed by atoms with E-state index in [4.69, 9.17) is 0 Å². The van der Waals surface area contributed by atoms with Crippen molar-refractivity contribution in [2.24, 2.45) is 5.92 Å². The third kappa shape index (κ3) is 4.63. The Hall–Kier alpha value is -1.82. The van der Waals surface area contributed by atoms with Crippen LogP contribution >= 0.6 is 11.5 Å². The van der Waals surface area contributed by atoms with Crippen LogP contribution in [-0.2, 0) is 12.8 Å². The predicted octanol–water partition coefficient (Wildman–Crippen LogP) is 4.11. The molecule has 4 nitrogen and oxygen atoms in total. The Bertz CT molecular complexity index is 701. The molecular weight excluding hydrogens is 337 g/mol. The van der Waals surface area contributed by atoms with Crippen LogP contribution in [0, 0.1) is 11.7 Å². The lowest BCUT2D eigenvalue weighted by Gasteiger charge is -2.32. The lowest BCUT2D eigenvalue weighted by Crippen LogP contribution is -2.40. The molecule has 1 fully saturated rings. The molecule has 25 heavy (non-hydrogen) atoms. The lowest BCUT2D eigenvalue weighted by atomic mass is 9.91. The zero-order chi connectivity index (χ0) is 17.6. The predicted molar refractivity (Wildman–Crippen MR) is 97.3 cm³/mol. The summed E-state index contributed by atoms with van der Waals surface area (Å²) in [5, 5.41) is 4.11. The van der Waals surface area contributed by atoms with Gasteiger partial charge >= 0.3 is 0 Å². The second kappa shape index (κ2) is 8.52. The number of hydrogen-bond donors (Lipinski definition) is 0. The number of halogens is 1. The van der Waals surface area contributed by atoms with E-state index < -0.39 is 0 Å². The van der Waals surface area contributed by atoms with Crippen molar-refractivity contribution in [3.8, 4) is 0 Å². The average molecular weight is 361 g/mol. The molecule has 6 heteroatoms. The molecule has 2 aromatic rings. The number of carbonyl (C=O) groups is 1. The SMILES string of the molecule is CCCc1nnsc1C(=O)N1CCC[C@@H](CCc2ccc(F)cc2)C1. The number of amides is 1. The van der Waals surface area contributed by atoms with E-state index in [1.165, 1.54) is 23.7 Å². The highest BCUT2D eigenvalue weighted by atomic mass is 32.1. The van der Waals surface area contributed by atoms with E-state index in [9.17, 15) is 9.18 Å². The van der Waals surface area contributed by atoms with Crippen LogP contribution in [0.15, 0.2) is 24.3 Å². The van der Waals surface area contributed by atoms with Gasteiger partial charge in [-0.2, -0.15) is 0 Å². The number of hydrogen-bond acceptors (Lipinski definition) is 4. The van der Waals surface area contributed by atoms with Crippen molar-refractivity contribution in [1.29, 1.82) is 0 Å². The average Bonchev–Trinajstić information content (AvgIpc) is 3.09. The van der Waals surface area contributed by atoms with E-state index in [0.29, 0.717) is 10.8 Å². The maximum Gasteiger partial charge on any atom is 0.267 e. The highest BCUT2D eigenvalue weighted by Gasteiger charge is 2.27. The van der Waals surface area contributed by atoms with Gasteiger partial charge < -0.3 is 4.90 Å². The van der Waals surface area contributed by atoms with Gasteiger partial charge in [-0.1, -0.05) is 30.0 Å². The normalized spacial score (nSPS) is 17.7. The van der Waals surface area contributed by atoms with Gasteiger partial charge in [-0.25, -0.2) is 4.39 Å². The number of aryl methyl sites for hydroxylation is 2. The number of rotatable bonds is 6. The van der Waals surface area contributed by atoms with Crippen molar-refractivity contribution in [3.63, 3.8) is 0 Å². The van der Waals surface area contributed by atoms with Crippen LogP contribution in [0.3, 0.4) is 0 Å². The molecule has 1 atom stereocenters. The standard InChI is InChI=1S/C19H24FN3OS/c1-2-4-17-18(25-22-21-17)19(24)23-12-3-5-15(13-23)7-6-14-8-10-16(20)11-9-14/h8-11,15H,2-7,12-13H2,1H3/t15-/m0/s1. The second-order valence-corrected chi connectivity index (χ2v) is 7.48. The van der Waals surface area contributed by atoms with Crippen molar-refractivity contribution in [3.05, 3.63) is 46.2 Å². The van der Waals surface area contributed by atoms with E-state index in [1.807, 2.05) is 17.0 Å². The van der Waals surface area contributed by atoms with Crippen LogP contribution in [0.1, 0.15) is 53.5 Å². The highest BCUT2D eigenvalue weighted by molar-refractivity contribution is 7.08. The summed E-state index contributed by atoms with van der Waals surface area (Å²) in [4.78, 5) is 15.5. The summed E-state index contributed by atoms with van der Waals surface area (Å²) in [6, 6.07) is 6.72. The van der Waals surface area contributed by atoms with Gasteiger partial charge in [-0.3, -0.25) is 4.79 Å². The van der Waals surface area contributed by atoms with Crippen molar-refractivity contribution < 1.29 is 9.18 Å². The van der Waals surface area contributed by atoms with Gasteiger partial charge in [0, 0.05) is 13.1 Å². The molecular formula is C19H24FN3OS. The Morgan fingerprint density at radius 1 is 1.32 bits per heavy atom. The smallest absolute Gasteiger partial charge is 0.267 e. The summed E-state index contributed by atoms with van der Waals surface area (Å²) >= 11 is 1.22. The molecule has 1 aromatic carbocycles. The van der Waals surface area contributed by atoms with Gasteiger partial charge in [-0.15, -0.1) is 5.10 Å². The van der Waals surface area contributed by atoms with Crippen LogP contribution in [-0.4, -0.2) is 33.5 Å². The topological polar surface area (TPSA) is 46.1 Å². The van der Waals surface area contributed by atoms with Crippen molar-refractivity contribution in [1.82, 2.24) is 14.5 Å². The summed E-state index contributed by atoms with van der Waals surface area (Å²) in [6.07, 6.45) is 5.91. The third-order valence-corrected chi connectivity index (χ3v) is 5.55. The first-order valence-corrected chi connectivity index (χ1v) is 9.79. The number of aromatic nitrogens is 2. The van der Waals surface area contributed by atoms with Gasteiger partial charge in [0.1, 0.15) is 10.7 Å². The molecule has 134 valence electrons. The van der Waals surface area contributed by atoms with Gasteiger partial charge in [0.2, 0.25) is 0 Å². The summed E-state index contributed by atoms with van der Waals surface area (Å²) in [5.74, 6) is 0.391. The molecule has 1 saturated heterocycles. The molecule has 0 bridgehead atoms. The summed E-state index contributed by atoms with van der Waals surface area (Å²) < 4.78 is 17.0. The first-order chi connectivity index (χ1) is 12.2. The van der Waals surface area contributed by atoms with Crippen molar-refractivity contribution >= 4 is 17.4 Å². The Morgan fingerprint density at radius 3 is 2.88 bits per heavy atom. The number of piperidine rings is 1. The summed E-state index contributed by atoms with van der Waals surface area (Å²) in [6.45, 7) is 3.69. The second-order valence-electron chi connectivity index (χ2n) is 6.72. The number of benzene rings is 1. The number of nitrogens with zero attached hydrogens (tertiary/aromatic N) is 3. The zero-order valence-electron chi connectivity index (χ0n) is 14.6. The molecule has 1 amide bonds. The van der Waals surface area contributed by atoms with E-state index in [2.05, 4.69) is 16.5 Å². The Kier molecular flexibility index (Phi) is 6.13. The maximum atomic E-state index is 13.0. The van der Waals surface area contributed by atoms with Crippen LogP contribution in [0.2, 0.25) is 0 Å². The van der Waals surface area contributed by atoms with Gasteiger partial charge in [0.25, 0.3) is 5.91 Å². The minimum absolute atomic E-state index is 0.0879. The van der Waals surface area contributed by atoms with Gasteiger partial charge in [0.15, 0.2) is 0 Å². The first kappa shape index (κ1) is 18.0. The minimum Gasteiger partial charge on any atom is -0.338 e. The van der Waals surface area contributed by atoms with Crippen LogP contribution in [0.5, 0.6) is 0 Å². The highest BCUT2D eigenvalue weighted by Crippen LogP contribution is 2.24. The van der Waals surface area contributed by atoms with Crippen molar-refractivity contribution in [2.75, 3.05) is 13.1 Å². The number of carbonyl (C=O) groups excluding carboxylic acids is 1. The maximum absolute atomic E-state index is 13.0. The third-order valence-electron chi connectivity index (χ3n) is 4.80. The minimum atomic E-state index is -0.195. The fraction of sp³-hybridized carbons (Fsp3) is 0.526. The Labute approximate surface area is 152 Å². The van der Waals surface area contributed by atoms with Crippen LogP contribution < -0.4 is 0 Å².